The van der Waals surface area contributed by atoms with Crippen LogP contribution in [0.3, 0.4) is 0 Å². The second-order valence-corrected chi connectivity index (χ2v) is 12.9. The van der Waals surface area contributed by atoms with Gasteiger partial charge in [0.05, 0.1) is 11.0 Å². The summed E-state index contributed by atoms with van der Waals surface area (Å²) in [7, 11) is 1.36. The molecule has 4 atom stereocenters. The van der Waals surface area contributed by atoms with Gasteiger partial charge in [0, 0.05) is 39.0 Å². The summed E-state index contributed by atoms with van der Waals surface area (Å²) in [5.74, 6) is -2.77. The molecule has 16 heteroatoms. The van der Waals surface area contributed by atoms with Gasteiger partial charge in [0.2, 0.25) is 12.4 Å². The van der Waals surface area contributed by atoms with Gasteiger partial charge < -0.3 is 48.6 Å². The van der Waals surface area contributed by atoms with Gasteiger partial charge in [-0.2, -0.15) is 0 Å². The number of methoxy groups -OCH3 is 1. The Morgan fingerprint density at radius 3 is 2.15 bits per heavy atom. The van der Waals surface area contributed by atoms with Gasteiger partial charge in [0.1, 0.15) is 23.2 Å². The van der Waals surface area contributed by atoms with E-state index in [4.69, 9.17) is 43.3 Å². The van der Waals surface area contributed by atoms with Crippen molar-refractivity contribution in [1.82, 2.24) is 0 Å². The third-order valence-corrected chi connectivity index (χ3v) is 8.06. The Hall–Kier alpha value is -5.74. The number of rotatable bonds is 11. The van der Waals surface area contributed by atoms with Gasteiger partial charge in [-0.3, -0.25) is 19.2 Å². The summed E-state index contributed by atoms with van der Waals surface area (Å²) < 4.78 is 45.1. The van der Waals surface area contributed by atoms with Crippen molar-refractivity contribution >= 4 is 46.6 Å². The van der Waals surface area contributed by atoms with Crippen LogP contribution in [0.25, 0.3) is 11.0 Å². The Balaban J connectivity index is 1.77. The molecule has 1 aliphatic heterocycles. The molecule has 0 radical (unpaired) electrons. The molecule has 16 nitrogen and oxygen atoms in total. The molecule has 3 N–H and O–H groups in total. The number of fused-ring (bicyclic) bond motifs is 1. The molecule has 284 valence electrons. The van der Waals surface area contributed by atoms with Crippen molar-refractivity contribution in [3.63, 3.8) is 0 Å². The molecule has 0 unspecified atom stereocenters. The highest BCUT2D eigenvalue weighted by atomic mass is 16.7. The Labute approximate surface area is 304 Å². The summed E-state index contributed by atoms with van der Waals surface area (Å²) in [6.07, 6.45) is -3.86. The van der Waals surface area contributed by atoms with E-state index in [9.17, 15) is 28.8 Å². The first-order valence-electron chi connectivity index (χ1n) is 16.4. The fourth-order valence-electron chi connectivity index (χ4n) is 5.84. The minimum atomic E-state index is -1.40. The molecule has 4 rings (SSSR count). The molecule has 0 saturated carbocycles. The van der Waals surface area contributed by atoms with Gasteiger partial charge in [0.15, 0.2) is 17.5 Å². The lowest BCUT2D eigenvalue weighted by Gasteiger charge is -2.48. The first kappa shape index (κ1) is 40.0. The number of amides is 2. The minimum absolute atomic E-state index is 0.0738. The number of hydrogen-bond acceptors (Lipinski definition) is 14. The van der Waals surface area contributed by atoms with Crippen LogP contribution in [0.2, 0.25) is 0 Å². The molecule has 0 aliphatic carbocycles. The summed E-state index contributed by atoms with van der Waals surface area (Å²) in [5, 5.41) is 2.61. The molecule has 3 aromatic rings. The Morgan fingerprint density at radius 1 is 0.906 bits per heavy atom. The van der Waals surface area contributed by atoms with Crippen molar-refractivity contribution < 1.29 is 61.5 Å². The summed E-state index contributed by atoms with van der Waals surface area (Å²) in [4.78, 5) is 75.0. The predicted octanol–water partition coefficient (Wildman–Crippen LogP) is 4.64. The quantitative estimate of drug-likeness (QED) is 0.119. The molecule has 2 heterocycles. The summed E-state index contributed by atoms with van der Waals surface area (Å²) in [6.45, 7) is 12.1. The number of carbonyl (C=O) groups is 5. The number of nitrogens with one attached hydrogen (secondary N) is 1. The molecular weight excluding hydrogens is 696 g/mol. The lowest BCUT2D eigenvalue weighted by Crippen LogP contribution is -2.66. The largest absolute Gasteiger partial charge is 0.460 e. The second kappa shape index (κ2) is 16.3. The summed E-state index contributed by atoms with van der Waals surface area (Å²) in [5.41, 5.74) is 4.44. The average molecular weight is 739 g/mol. The van der Waals surface area contributed by atoms with Crippen LogP contribution in [0.4, 0.5) is 10.5 Å². The molecule has 2 amide bonds. The molecular formula is C37H42N2O14. The number of benzene rings is 2. The average Bonchev–Trinajstić information content (AvgIpc) is 3.04. The van der Waals surface area contributed by atoms with Crippen molar-refractivity contribution in [2.24, 2.45) is 5.73 Å². The van der Waals surface area contributed by atoms with E-state index in [-0.39, 0.29) is 39.3 Å². The lowest BCUT2D eigenvalue weighted by molar-refractivity contribution is -0.307. The third-order valence-electron chi connectivity index (χ3n) is 8.06. The van der Waals surface area contributed by atoms with Crippen LogP contribution < -0.4 is 30.9 Å². The van der Waals surface area contributed by atoms with Crippen molar-refractivity contribution in [2.45, 2.75) is 92.0 Å². The van der Waals surface area contributed by atoms with E-state index in [1.807, 2.05) is 19.9 Å². The van der Waals surface area contributed by atoms with Crippen LogP contribution in [-0.2, 0) is 39.8 Å². The van der Waals surface area contributed by atoms with E-state index >= 15 is 0 Å². The van der Waals surface area contributed by atoms with Crippen LogP contribution in [0.15, 0.2) is 51.2 Å². The SMILES string of the molecule is CO[C@@H]1[C@@H](OC(N)=O)[C@@H](OC(C)=O)[C@@H](Oc2ccc3c(OC(C)=O)c(NC(=O)c4ccc(OC(C)=O)c(CC=C(C)C)c4)c(=O)oc3c2C)OC1(C)C. The molecule has 1 aliphatic rings. The van der Waals surface area contributed by atoms with Crippen molar-refractivity contribution in [1.29, 1.82) is 0 Å². The predicted molar refractivity (Wildman–Crippen MR) is 188 cm³/mol. The number of anilines is 1. The normalized spacial score (nSPS) is 19.0. The zero-order valence-electron chi connectivity index (χ0n) is 30.8. The van der Waals surface area contributed by atoms with Crippen molar-refractivity contribution in [3.8, 4) is 17.2 Å². The number of allylic oxidation sites excluding steroid dienone is 2. The summed E-state index contributed by atoms with van der Waals surface area (Å²) in [6, 6.07) is 7.26. The molecule has 1 saturated heterocycles. The fraction of sp³-hybridized carbons (Fsp3) is 0.405. The highest BCUT2D eigenvalue weighted by molar-refractivity contribution is 6.07. The van der Waals surface area contributed by atoms with Gasteiger partial charge in [-0.1, -0.05) is 11.6 Å². The Bertz CT molecular complexity index is 2030. The maximum Gasteiger partial charge on any atom is 0.405 e. The molecule has 53 heavy (non-hydrogen) atoms. The van der Waals surface area contributed by atoms with Crippen molar-refractivity contribution in [3.05, 3.63) is 69.1 Å². The molecule has 2 aromatic carbocycles. The number of ether oxygens (including phenoxy) is 7. The number of hydrogen-bond donors (Lipinski definition) is 2. The smallest absolute Gasteiger partial charge is 0.405 e. The number of primary amides is 1. The number of esters is 3. The molecule has 1 fully saturated rings. The van der Waals surface area contributed by atoms with Gasteiger partial charge in [-0.05, 0) is 76.9 Å². The highest BCUT2D eigenvalue weighted by Gasteiger charge is 2.55. The van der Waals surface area contributed by atoms with Crippen LogP contribution in [-0.4, -0.2) is 67.2 Å². The Kier molecular flexibility index (Phi) is 12.3. The standard InChI is InChI=1S/C37H42N2O14/c1-17(2)10-11-22-16-23(12-14-26(22)47-19(4)40)33(43)39-27-29(48-20(5)41)24-13-15-25(18(3)28(24)51-34(27)44)50-35-31(49-21(6)42)30(52-36(38)45)32(46-9)37(7,8)53-35/h10,12-16,30-32,35H,11H2,1-9H3,(H2,38,45)(H,39,43)/t30-,31+,32+,35-/m0/s1. The highest BCUT2D eigenvalue weighted by Crippen LogP contribution is 2.40. The Morgan fingerprint density at radius 2 is 1.57 bits per heavy atom. The first-order chi connectivity index (χ1) is 24.8. The first-order valence-corrected chi connectivity index (χ1v) is 16.4. The monoisotopic (exact) mass is 738 g/mol. The summed E-state index contributed by atoms with van der Waals surface area (Å²) >= 11 is 0. The van der Waals surface area contributed by atoms with Gasteiger partial charge in [0.25, 0.3) is 5.91 Å². The van der Waals surface area contributed by atoms with E-state index in [1.54, 1.807) is 20.8 Å². The number of aryl methyl sites for hydroxylation is 1. The maximum atomic E-state index is 13.5. The lowest BCUT2D eigenvalue weighted by atomic mass is 9.89. The van der Waals surface area contributed by atoms with E-state index in [0.29, 0.717) is 12.0 Å². The van der Waals surface area contributed by atoms with Crippen LogP contribution >= 0.6 is 0 Å². The zero-order valence-corrected chi connectivity index (χ0v) is 30.8. The van der Waals surface area contributed by atoms with Gasteiger partial charge >= 0.3 is 29.6 Å². The maximum absolute atomic E-state index is 13.5. The van der Waals surface area contributed by atoms with E-state index < -0.39 is 71.4 Å². The van der Waals surface area contributed by atoms with E-state index in [0.717, 1.165) is 19.4 Å². The topological polar surface area (TPSA) is 218 Å². The van der Waals surface area contributed by atoms with Gasteiger partial charge in [-0.15, -0.1) is 0 Å². The number of nitrogens with two attached hydrogens (primary N) is 1. The van der Waals surface area contributed by atoms with Gasteiger partial charge in [-0.25, -0.2) is 9.59 Å². The third kappa shape index (κ3) is 9.39. The minimum Gasteiger partial charge on any atom is -0.460 e. The molecule has 1 aromatic heterocycles. The van der Waals surface area contributed by atoms with Crippen LogP contribution in [0.1, 0.15) is 70.0 Å². The van der Waals surface area contributed by atoms with E-state index in [2.05, 4.69) is 5.32 Å². The van der Waals surface area contributed by atoms with Crippen molar-refractivity contribution in [2.75, 3.05) is 12.4 Å². The van der Waals surface area contributed by atoms with E-state index in [1.165, 1.54) is 44.4 Å². The fourth-order valence-corrected chi connectivity index (χ4v) is 5.84. The molecule has 0 bridgehead atoms. The zero-order chi connectivity index (χ0) is 39.4. The number of carbonyl (C=O) groups excluding carboxylic acids is 5. The second-order valence-electron chi connectivity index (χ2n) is 12.9. The molecule has 0 spiro atoms. The van der Waals surface area contributed by atoms with Crippen LogP contribution in [0.5, 0.6) is 17.2 Å². The van der Waals surface area contributed by atoms with Crippen LogP contribution in [0, 0.1) is 6.92 Å².